The summed E-state index contributed by atoms with van der Waals surface area (Å²) in [5.74, 6) is 0. The number of rotatable bonds is 6. The van der Waals surface area contributed by atoms with Gasteiger partial charge in [-0.15, -0.1) is 11.8 Å². The van der Waals surface area contributed by atoms with Crippen LogP contribution in [0, 0.1) is 20.2 Å². The van der Waals surface area contributed by atoms with Crippen LogP contribution in [0.3, 0.4) is 0 Å². The predicted octanol–water partition coefficient (Wildman–Crippen LogP) is 3.74. The molecule has 0 fully saturated rings. The topological polar surface area (TPSA) is 111 Å². The first-order valence-electron chi connectivity index (χ1n) is 6.29. The number of nitrogens with zero attached hydrogens (tertiary/aromatic N) is 3. The predicted molar refractivity (Wildman–Crippen MR) is 89.3 cm³/mol. The van der Waals surface area contributed by atoms with Crippen LogP contribution in [-0.4, -0.2) is 33.7 Å². The molecule has 1 rings (SSSR count). The molecule has 0 aliphatic carbocycles. The Hall–Kier alpha value is -1.87. The van der Waals surface area contributed by atoms with E-state index >= 15 is 0 Å². The zero-order chi connectivity index (χ0) is 16.9. The number of aliphatic imine (C=N–C) groups is 1. The van der Waals surface area contributed by atoms with E-state index in [1.165, 1.54) is 11.8 Å². The summed E-state index contributed by atoms with van der Waals surface area (Å²) < 4.78 is 0. The van der Waals surface area contributed by atoms with E-state index < -0.39 is 27.3 Å². The van der Waals surface area contributed by atoms with Gasteiger partial charge in [0.1, 0.15) is 0 Å². The molecule has 1 unspecified atom stereocenters. The third-order valence-electron chi connectivity index (χ3n) is 2.71. The Morgan fingerprint density at radius 3 is 2.23 bits per heavy atom. The van der Waals surface area contributed by atoms with Gasteiger partial charge in [-0.1, -0.05) is 11.6 Å². The molecule has 120 valence electrons. The number of hydrogen-bond acceptors (Lipinski definition) is 7. The Morgan fingerprint density at radius 2 is 1.86 bits per heavy atom. The summed E-state index contributed by atoms with van der Waals surface area (Å²) in [6, 6.07) is 1.76. The van der Waals surface area contributed by atoms with E-state index in [1.54, 1.807) is 6.92 Å². The molecule has 0 saturated carbocycles. The first kappa shape index (κ1) is 18.2. The van der Waals surface area contributed by atoms with Crippen molar-refractivity contribution in [2.45, 2.75) is 19.9 Å². The van der Waals surface area contributed by atoms with E-state index in [9.17, 15) is 20.2 Å². The number of anilines is 1. The fourth-order valence-electron chi connectivity index (χ4n) is 1.83. The van der Waals surface area contributed by atoms with E-state index in [0.717, 1.165) is 12.1 Å². The Balaban J connectivity index is 3.35. The lowest BCUT2D eigenvalue weighted by Crippen LogP contribution is -2.25. The Kier molecular flexibility index (Phi) is 6.57. The van der Waals surface area contributed by atoms with Crippen molar-refractivity contribution < 1.29 is 9.85 Å². The standard InChI is InChI=1S/C12H15ClN4O4S/c1-4-14-12(22-3)7(2)15-11-9(16(18)19)5-8(13)6-10(11)17(20)21/h5-7,15H,4H2,1-3H3/b14-12+. The number of nitro benzene ring substituents is 2. The Labute approximate surface area is 136 Å². The third kappa shape index (κ3) is 4.31. The highest BCUT2D eigenvalue weighted by Crippen LogP contribution is 2.38. The molecule has 1 aromatic carbocycles. The summed E-state index contributed by atoms with van der Waals surface area (Å²) in [5, 5.41) is 25.7. The molecular formula is C12H15ClN4O4S. The maximum Gasteiger partial charge on any atom is 0.300 e. The van der Waals surface area contributed by atoms with Gasteiger partial charge in [0.15, 0.2) is 5.69 Å². The molecular weight excluding hydrogens is 332 g/mol. The third-order valence-corrected chi connectivity index (χ3v) is 3.83. The van der Waals surface area contributed by atoms with Crippen LogP contribution in [0.4, 0.5) is 17.1 Å². The van der Waals surface area contributed by atoms with Crippen molar-refractivity contribution in [3.05, 3.63) is 37.4 Å². The van der Waals surface area contributed by atoms with Crippen LogP contribution in [-0.2, 0) is 0 Å². The van der Waals surface area contributed by atoms with Crippen LogP contribution < -0.4 is 5.32 Å². The smallest absolute Gasteiger partial charge is 0.300 e. The van der Waals surface area contributed by atoms with Crippen LogP contribution >= 0.6 is 23.4 Å². The Bertz CT molecular complexity index is 588. The second-order valence-corrected chi connectivity index (χ2v) is 5.48. The van der Waals surface area contributed by atoms with Crippen molar-refractivity contribution in [2.24, 2.45) is 4.99 Å². The van der Waals surface area contributed by atoms with Crippen molar-refractivity contribution >= 4 is 45.5 Å². The largest absolute Gasteiger partial charge is 0.365 e. The van der Waals surface area contributed by atoms with Gasteiger partial charge in [-0.05, 0) is 20.1 Å². The number of thioether (sulfide) groups is 1. The zero-order valence-corrected chi connectivity index (χ0v) is 13.8. The monoisotopic (exact) mass is 346 g/mol. The molecule has 0 aliphatic heterocycles. The molecule has 8 nitrogen and oxygen atoms in total. The Morgan fingerprint density at radius 1 is 1.36 bits per heavy atom. The normalized spacial score (nSPS) is 12.8. The van der Waals surface area contributed by atoms with Gasteiger partial charge in [0.05, 0.1) is 26.0 Å². The second kappa shape index (κ2) is 7.95. The lowest BCUT2D eigenvalue weighted by atomic mass is 10.2. The van der Waals surface area contributed by atoms with Crippen LogP contribution in [0.25, 0.3) is 0 Å². The van der Waals surface area contributed by atoms with Gasteiger partial charge < -0.3 is 5.32 Å². The van der Waals surface area contributed by atoms with Gasteiger partial charge in [-0.25, -0.2) is 0 Å². The first-order chi connectivity index (χ1) is 10.3. The molecule has 1 atom stereocenters. The van der Waals surface area contributed by atoms with Crippen molar-refractivity contribution in [2.75, 3.05) is 18.1 Å². The van der Waals surface area contributed by atoms with Crippen molar-refractivity contribution in [1.82, 2.24) is 0 Å². The van der Waals surface area contributed by atoms with Crippen LogP contribution in [0.5, 0.6) is 0 Å². The van der Waals surface area contributed by atoms with Gasteiger partial charge >= 0.3 is 11.4 Å². The summed E-state index contributed by atoms with van der Waals surface area (Å²) in [6.45, 7) is 4.14. The summed E-state index contributed by atoms with van der Waals surface area (Å²) in [5.41, 5.74) is -1.06. The minimum atomic E-state index is -0.705. The molecule has 0 amide bonds. The van der Waals surface area contributed by atoms with Gasteiger partial charge in [0.25, 0.3) is 0 Å². The maximum atomic E-state index is 11.1. The van der Waals surface area contributed by atoms with E-state index in [2.05, 4.69) is 10.3 Å². The molecule has 0 aromatic heterocycles. The summed E-state index contributed by atoms with van der Waals surface area (Å²) in [7, 11) is 0. The highest BCUT2D eigenvalue weighted by Gasteiger charge is 2.28. The highest BCUT2D eigenvalue weighted by molar-refractivity contribution is 8.13. The molecule has 0 saturated heterocycles. The van der Waals surface area contributed by atoms with Crippen LogP contribution in [0.1, 0.15) is 13.8 Å². The molecule has 22 heavy (non-hydrogen) atoms. The molecule has 0 heterocycles. The fraction of sp³-hybridized carbons (Fsp3) is 0.417. The summed E-state index contributed by atoms with van der Waals surface area (Å²) >= 11 is 7.10. The van der Waals surface area contributed by atoms with Gasteiger partial charge in [0, 0.05) is 18.7 Å². The van der Waals surface area contributed by atoms with E-state index in [-0.39, 0.29) is 10.7 Å². The SMILES string of the molecule is CC/N=C(/SC)C(C)Nc1c([N+](=O)[O-])cc(Cl)cc1[N+](=O)[O-]. The minimum Gasteiger partial charge on any atom is -0.365 e. The molecule has 0 spiro atoms. The number of benzene rings is 1. The summed E-state index contributed by atoms with van der Waals surface area (Å²) in [4.78, 5) is 25.1. The number of nitro groups is 2. The molecule has 0 aliphatic rings. The quantitative estimate of drug-likeness (QED) is 0.363. The molecule has 10 heteroatoms. The van der Waals surface area contributed by atoms with Crippen molar-refractivity contribution in [3.8, 4) is 0 Å². The average molecular weight is 347 g/mol. The van der Waals surface area contributed by atoms with E-state index in [1.807, 2.05) is 13.2 Å². The van der Waals surface area contributed by atoms with Gasteiger partial charge in [-0.2, -0.15) is 0 Å². The van der Waals surface area contributed by atoms with Gasteiger partial charge in [0.2, 0.25) is 0 Å². The zero-order valence-electron chi connectivity index (χ0n) is 12.2. The van der Waals surface area contributed by atoms with E-state index in [4.69, 9.17) is 11.6 Å². The van der Waals surface area contributed by atoms with E-state index in [0.29, 0.717) is 11.6 Å². The first-order valence-corrected chi connectivity index (χ1v) is 7.89. The van der Waals surface area contributed by atoms with Gasteiger partial charge in [-0.3, -0.25) is 25.2 Å². The van der Waals surface area contributed by atoms with Crippen molar-refractivity contribution in [3.63, 3.8) is 0 Å². The van der Waals surface area contributed by atoms with Crippen LogP contribution in [0.2, 0.25) is 5.02 Å². The van der Waals surface area contributed by atoms with Crippen molar-refractivity contribution in [1.29, 1.82) is 0 Å². The number of hydrogen-bond donors (Lipinski definition) is 1. The number of nitrogens with one attached hydrogen (secondary N) is 1. The second-order valence-electron chi connectivity index (χ2n) is 4.22. The molecule has 1 N–H and O–H groups in total. The van der Waals surface area contributed by atoms with Crippen LogP contribution in [0.15, 0.2) is 17.1 Å². The lowest BCUT2D eigenvalue weighted by molar-refractivity contribution is -0.392. The molecule has 1 aromatic rings. The minimum absolute atomic E-state index is 0.0658. The fourth-order valence-corrected chi connectivity index (χ4v) is 2.70. The highest BCUT2D eigenvalue weighted by atomic mass is 35.5. The molecule has 0 radical (unpaired) electrons. The number of halogens is 1. The molecule has 0 bridgehead atoms. The maximum absolute atomic E-state index is 11.1. The average Bonchev–Trinajstić information content (AvgIpc) is 2.45. The lowest BCUT2D eigenvalue weighted by Gasteiger charge is -2.16. The summed E-state index contributed by atoms with van der Waals surface area (Å²) in [6.07, 6.45) is 1.82.